The van der Waals surface area contributed by atoms with E-state index in [9.17, 15) is 24.2 Å². The summed E-state index contributed by atoms with van der Waals surface area (Å²) in [6.45, 7) is 0. The Hall–Kier alpha value is -4.66. The van der Waals surface area contributed by atoms with Crippen LogP contribution in [-0.4, -0.2) is 39.0 Å². The third-order valence-corrected chi connectivity index (χ3v) is 5.65. The number of Topliss-reactive ketones (excluding diaryl/α,β-unsaturated/α-hetero) is 1. The Morgan fingerprint density at radius 2 is 1.88 bits per heavy atom. The summed E-state index contributed by atoms with van der Waals surface area (Å²) in [5, 5.41) is 21.3. The summed E-state index contributed by atoms with van der Waals surface area (Å²) in [4.78, 5) is 35.0. The summed E-state index contributed by atoms with van der Waals surface area (Å²) in [5.74, 6) is -3.10. The van der Waals surface area contributed by atoms with E-state index >= 15 is 0 Å². The molecule has 3 N–H and O–H groups in total. The highest BCUT2D eigenvalue weighted by Gasteiger charge is 2.48. The average molecular weight is 459 g/mol. The molecule has 0 bridgehead atoms. The highest BCUT2D eigenvalue weighted by Crippen LogP contribution is 2.43. The number of rotatable bonds is 4. The number of para-hydroxylation sites is 2. The number of H-pyrrole nitrogens is 1. The molecule has 1 fully saturated rings. The number of hydrogen-bond acceptors (Lipinski definition) is 6. The molecule has 3 aromatic carbocycles. The van der Waals surface area contributed by atoms with Gasteiger partial charge >= 0.3 is 5.91 Å². The number of nitrogens with zero attached hydrogens (tertiary/aromatic N) is 2. The molecule has 0 spiro atoms. The number of ether oxygens (including phenoxy) is 1. The van der Waals surface area contributed by atoms with E-state index in [2.05, 4.69) is 9.97 Å². The van der Waals surface area contributed by atoms with E-state index in [0.29, 0.717) is 16.6 Å². The zero-order chi connectivity index (χ0) is 24.0. The number of benzene rings is 3. The number of ketones is 1. The van der Waals surface area contributed by atoms with E-state index in [1.807, 2.05) is 0 Å². The summed E-state index contributed by atoms with van der Waals surface area (Å²) in [6.07, 6.45) is 0. The summed E-state index contributed by atoms with van der Waals surface area (Å²) in [6, 6.07) is 15.4. The van der Waals surface area contributed by atoms with Crippen LogP contribution in [0.5, 0.6) is 11.5 Å². The minimum Gasteiger partial charge on any atom is -0.508 e. The minimum atomic E-state index is -1.15. The molecular weight excluding hydrogens is 441 g/mol. The number of imidazole rings is 1. The van der Waals surface area contributed by atoms with E-state index < -0.39 is 29.3 Å². The average Bonchev–Trinajstić information content (AvgIpc) is 3.37. The lowest BCUT2D eigenvalue weighted by Gasteiger charge is -2.23. The van der Waals surface area contributed by atoms with Crippen LogP contribution < -0.4 is 9.64 Å². The molecule has 1 saturated heterocycles. The van der Waals surface area contributed by atoms with Gasteiger partial charge in [0.05, 0.1) is 35.3 Å². The Bertz CT molecular complexity index is 1460. The normalized spacial score (nSPS) is 17.5. The number of fused-ring (bicyclic) bond motifs is 1. The molecule has 1 aliphatic heterocycles. The van der Waals surface area contributed by atoms with Gasteiger partial charge in [-0.15, -0.1) is 0 Å². The Labute approximate surface area is 192 Å². The van der Waals surface area contributed by atoms with Crippen molar-refractivity contribution in [1.29, 1.82) is 0 Å². The quantitative estimate of drug-likeness (QED) is 0.241. The van der Waals surface area contributed by atoms with Crippen molar-refractivity contribution in [1.82, 2.24) is 9.97 Å². The number of methoxy groups -OCH3 is 1. The topological polar surface area (TPSA) is 116 Å². The van der Waals surface area contributed by atoms with Crippen LogP contribution in [0.3, 0.4) is 0 Å². The lowest BCUT2D eigenvalue weighted by molar-refractivity contribution is -0.132. The molecule has 1 amide bonds. The number of carbonyl (C=O) groups is 2. The van der Waals surface area contributed by atoms with Crippen LogP contribution in [0.1, 0.15) is 17.2 Å². The van der Waals surface area contributed by atoms with Gasteiger partial charge in [-0.2, -0.15) is 0 Å². The third kappa shape index (κ3) is 3.34. The number of phenols is 1. The molecule has 1 atom stereocenters. The number of aliphatic hydroxyl groups excluding tert-OH is 1. The Morgan fingerprint density at radius 3 is 2.62 bits per heavy atom. The van der Waals surface area contributed by atoms with Crippen LogP contribution in [-0.2, 0) is 9.59 Å². The van der Waals surface area contributed by atoms with Crippen LogP contribution >= 0.6 is 0 Å². The maximum absolute atomic E-state index is 14.0. The van der Waals surface area contributed by atoms with E-state index in [0.717, 1.165) is 17.0 Å². The highest BCUT2D eigenvalue weighted by atomic mass is 19.1. The fraction of sp³-hybridized carbons (Fsp3) is 0.0800. The van der Waals surface area contributed by atoms with E-state index in [1.54, 1.807) is 36.4 Å². The first-order chi connectivity index (χ1) is 16.4. The van der Waals surface area contributed by atoms with E-state index in [4.69, 9.17) is 4.74 Å². The molecule has 0 saturated carbocycles. The number of anilines is 1. The third-order valence-electron chi connectivity index (χ3n) is 5.65. The van der Waals surface area contributed by atoms with Crippen LogP contribution in [0.2, 0.25) is 0 Å². The van der Waals surface area contributed by atoms with Crippen molar-refractivity contribution in [3.05, 3.63) is 89.2 Å². The first kappa shape index (κ1) is 21.2. The van der Waals surface area contributed by atoms with E-state index in [-0.39, 0.29) is 28.6 Å². The van der Waals surface area contributed by atoms with Gasteiger partial charge in [-0.3, -0.25) is 14.5 Å². The van der Waals surface area contributed by atoms with Crippen LogP contribution in [0.15, 0.2) is 72.3 Å². The summed E-state index contributed by atoms with van der Waals surface area (Å²) in [5.41, 5.74) is 1.17. The molecule has 4 aromatic rings. The van der Waals surface area contributed by atoms with Crippen molar-refractivity contribution >= 4 is 34.4 Å². The molecule has 1 unspecified atom stereocenters. The number of amides is 1. The van der Waals surface area contributed by atoms with Crippen molar-refractivity contribution < 1.29 is 28.9 Å². The molecule has 34 heavy (non-hydrogen) atoms. The molecular formula is C25H18FN3O5. The molecule has 5 rings (SSSR count). The molecule has 2 heterocycles. The predicted octanol–water partition coefficient (Wildman–Crippen LogP) is 4.04. The van der Waals surface area contributed by atoms with E-state index in [1.165, 1.54) is 25.3 Å². The number of nitrogens with one attached hydrogen (secondary N) is 1. The number of aromatic nitrogens is 2. The molecule has 8 nitrogen and oxygen atoms in total. The van der Waals surface area contributed by atoms with Gasteiger partial charge in [0.25, 0.3) is 5.78 Å². The second kappa shape index (κ2) is 8.04. The summed E-state index contributed by atoms with van der Waals surface area (Å²) < 4.78 is 19.3. The fourth-order valence-electron chi connectivity index (χ4n) is 4.13. The zero-order valence-electron chi connectivity index (χ0n) is 17.8. The van der Waals surface area contributed by atoms with Gasteiger partial charge in [0, 0.05) is 0 Å². The number of aromatic hydroxyl groups is 1. The van der Waals surface area contributed by atoms with Crippen LogP contribution in [0.25, 0.3) is 16.8 Å². The van der Waals surface area contributed by atoms with Gasteiger partial charge in [-0.1, -0.05) is 24.3 Å². The number of carbonyl (C=O) groups excluding carboxylic acids is 2. The molecule has 0 aliphatic carbocycles. The molecule has 1 aromatic heterocycles. The van der Waals surface area contributed by atoms with Gasteiger partial charge in [0.2, 0.25) is 5.95 Å². The summed E-state index contributed by atoms with van der Waals surface area (Å²) >= 11 is 0. The number of phenolic OH excluding ortho intramolecular Hbond substituents is 1. The Balaban J connectivity index is 1.77. The lowest BCUT2D eigenvalue weighted by Crippen LogP contribution is -2.30. The number of aromatic amines is 1. The number of aliphatic hydroxyl groups is 1. The van der Waals surface area contributed by atoms with Crippen molar-refractivity contribution in [2.24, 2.45) is 0 Å². The second-order valence-electron chi connectivity index (χ2n) is 7.69. The van der Waals surface area contributed by atoms with Crippen molar-refractivity contribution in [3.63, 3.8) is 0 Å². The van der Waals surface area contributed by atoms with Gasteiger partial charge in [-0.25, -0.2) is 9.37 Å². The standard InChI is InChI=1S/C25H18FN3O5/c1-34-19-10-9-14(26)12-16(19)22(31)20-21(13-5-4-6-15(30)11-13)29(24(33)23(20)32)25-27-17-7-2-3-8-18(17)28-25/h2-12,21,30-31H,1H3,(H,27,28)/b22-20+. The molecule has 9 heteroatoms. The second-order valence-corrected chi connectivity index (χ2v) is 7.69. The number of halogens is 1. The van der Waals surface area contributed by atoms with Gasteiger partial charge in [-0.05, 0) is 48.0 Å². The van der Waals surface area contributed by atoms with Crippen molar-refractivity contribution in [2.75, 3.05) is 12.0 Å². The Kier molecular flexibility index (Phi) is 5.01. The molecule has 170 valence electrons. The summed E-state index contributed by atoms with van der Waals surface area (Å²) in [7, 11) is 1.34. The van der Waals surface area contributed by atoms with Gasteiger partial charge in [0.1, 0.15) is 23.1 Å². The Morgan fingerprint density at radius 1 is 1.09 bits per heavy atom. The maximum atomic E-state index is 14.0. The molecule has 0 radical (unpaired) electrons. The monoisotopic (exact) mass is 459 g/mol. The number of hydrogen-bond donors (Lipinski definition) is 3. The maximum Gasteiger partial charge on any atom is 0.302 e. The fourth-order valence-corrected chi connectivity index (χ4v) is 4.13. The van der Waals surface area contributed by atoms with Gasteiger partial charge < -0.3 is 19.9 Å². The molecule has 1 aliphatic rings. The van der Waals surface area contributed by atoms with Crippen molar-refractivity contribution in [3.8, 4) is 11.5 Å². The first-order valence-corrected chi connectivity index (χ1v) is 10.3. The zero-order valence-corrected chi connectivity index (χ0v) is 17.8. The lowest BCUT2D eigenvalue weighted by atomic mass is 9.95. The van der Waals surface area contributed by atoms with Crippen LogP contribution in [0.4, 0.5) is 10.3 Å². The van der Waals surface area contributed by atoms with Crippen molar-refractivity contribution in [2.45, 2.75) is 6.04 Å². The highest BCUT2D eigenvalue weighted by molar-refractivity contribution is 6.51. The predicted molar refractivity (Wildman–Crippen MR) is 122 cm³/mol. The largest absolute Gasteiger partial charge is 0.508 e. The van der Waals surface area contributed by atoms with Gasteiger partial charge in [0.15, 0.2) is 0 Å². The SMILES string of the molecule is COc1ccc(F)cc1/C(O)=C1\C(=O)C(=O)N(c2nc3ccccc3[nH]2)C1c1cccc(O)c1. The smallest absolute Gasteiger partial charge is 0.302 e. The first-order valence-electron chi connectivity index (χ1n) is 10.3. The minimum absolute atomic E-state index is 0.0851. The van der Waals surface area contributed by atoms with Crippen LogP contribution in [0, 0.1) is 5.82 Å².